The molecule has 2 N–H and O–H groups in total. The van der Waals surface area contributed by atoms with Crippen LogP contribution in [0.25, 0.3) is 0 Å². The molecule has 1 unspecified atom stereocenters. The van der Waals surface area contributed by atoms with E-state index in [0.717, 1.165) is 25.9 Å². The van der Waals surface area contributed by atoms with Crippen molar-refractivity contribution in [1.29, 1.82) is 0 Å². The predicted molar refractivity (Wildman–Crippen MR) is 73.9 cm³/mol. The highest BCUT2D eigenvalue weighted by molar-refractivity contribution is 5.10. The van der Waals surface area contributed by atoms with Crippen LogP contribution in [0.5, 0.6) is 0 Å². The van der Waals surface area contributed by atoms with Gasteiger partial charge in [-0.05, 0) is 25.7 Å². The van der Waals surface area contributed by atoms with E-state index in [2.05, 4.69) is 14.5 Å². The van der Waals surface area contributed by atoms with Gasteiger partial charge in [-0.25, -0.2) is 4.98 Å². The van der Waals surface area contributed by atoms with Crippen molar-refractivity contribution in [2.24, 2.45) is 5.73 Å². The van der Waals surface area contributed by atoms with Gasteiger partial charge in [0.05, 0.1) is 24.2 Å². The Labute approximate surface area is 114 Å². The Bertz CT molecular complexity index is 407. The molecule has 2 aliphatic rings. The number of methoxy groups -OCH3 is 1. The van der Waals surface area contributed by atoms with Gasteiger partial charge in [0, 0.05) is 39.0 Å². The van der Waals surface area contributed by atoms with Crippen LogP contribution in [0.3, 0.4) is 0 Å². The van der Waals surface area contributed by atoms with Crippen molar-refractivity contribution in [2.45, 2.75) is 43.9 Å². The van der Waals surface area contributed by atoms with Crippen molar-refractivity contribution in [3.05, 3.63) is 18.2 Å². The van der Waals surface area contributed by atoms with Gasteiger partial charge in [0.15, 0.2) is 0 Å². The van der Waals surface area contributed by atoms with Gasteiger partial charge >= 0.3 is 0 Å². The second-order valence-corrected chi connectivity index (χ2v) is 5.68. The number of likely N-dealkylation sites (tertiary alicyclic amines) is 1. The van der Waals surface area contributed by atoms with Gasteiger partial charge in [-0.1, -0.05) is 0 Å². The fraction of sp³-hybridized carbons (Fsp3) is 0.786. The maximum absolute atomic E-state index is 6.04. The molecule has 0 radical (unpaired) electrons. The standard InChI is InChI=1S/C14H24N4O/c1-19-12-4-6-17(7-5-12)13(8-15)14-9-16-10-18(14)11-2-3-11/h9-13H,2-8,15H2,1H3. The summed E-state index contributed by atoms with van der Waals surface area (Å²) in [5.41, 5.74) is 7.33. The summed E-state index contributed by atoms with van der Waals surface area (Å²) in [4.78, 5) is 6.83. The predicted octanol–water partition coefficient (Wildman–Crippen LogP) is 1.33. The number of nitrogens with zero attached hydrogens (tertiary/aromatic N) is 3. The molecule has 0 bridgehead atoms. The molecule has 1 aliphatic carbocycles. The van der Waals surface area contributed by atoms with E-state index < -0.39 is 0 Å². The van der Waals surface area contributed by atoms with Crippen molar-refractivity contribution >= 4 is 0 Å². The number of imidazole rings is 1. The van der Waals surface area contributed by atoms with Gasteiger partial charge in [0.25, 0.3) is 0 Å². The summed E-state index contributed by atoms with van der Waals surface area (Å²) in [5, 5.41) is 0. The molecule has 5 heteroatoms. The third kappa shape index (κ3) is 2.68. The summed E-state index contributed by atoms with van der Waals surface area (Å²) in [5.74, 6) is 0. The lowest BCUT2D eigenvalue weighted by Crippen LogP contribution is -2.42. The minimum absolute atomic E-state index is 0.306. The molecule has 1 saturated carbocycles. The Morgan fingerprint density at radius 3 is 2.68 bits per heavy atom. The Morgan fingerprint density at radius 1 is 1.37 bits per heavy atom. The molecule has 1 aromatic rings. The Morgan fingerprint density at radius 2 is 2.11 bits per heavy atom. The normalized spacial score (nSPS) is 23.7. The van der Waals surface area contributed by atoms with E-state index >= 15 is 0 Å². The first-order valence-electron chi connectivity index (χ1n) is 7.32. The monoisotopic (exact) mass is 264 g/mol. The molecule has 1 atom stereocenters. The molecule has 5 nitrogen and oxygen atoms in total. The molecule has 106 valence electrons. The first kappa shape index (κ1) is 13.1. The SMILES string of the molecule is COC1CCN(C(CN)c2cncn2C2CC2)CC1. The Hall–Kier alpha value is -0.910. The summed E-state index contributed by atoms with van der Waals surface area (Å²) in [6.45, 7) is 2.79. The number of hydrogen-bond acceptors (Lipinski definition) is 4. The molecule has 2 heterocycles. The first-order chi connectivity index (χ1) is 9.33. The number of nitrogens with two attached hydrogens (primary N) is 1. The summed E-state index contributed by atoms with van der Waals surface area (Å²) < 4.78 is 7.77. The largest absolute Gasteiger partial charge is 0.381 e. The lowest BCUT2D eigenvalue weighted by molar-refractivity contribution is 0.0269. The topological polar surface area (TPSA) is 56.3 Å². The van der Waals surface area contributed by atoms with Crippen LogP contribution in [0.2, 0.25) is 0 Å². The van der Waals surface area contributed by atoms with E-state index in [0.29, 0.717) is 24.7 Å². The van der Waals surface area contributed by atoms with Crippen LogP contribution in [0.15, 0.2) is 12.5 Å². The second kappa shape index (κ2) is 5.61. The molecule has 19 heavy (non-hydrogen) atoms. The molecule has 1 saturated heterocycles. The van der Waals surface area contributed by atoms with Crippen LogP contribution >= 0.6 is 0 Å². The van der Waals surface area contributed by atoms with Crippen molar-refractivity contribution in [1.82, 2.24) is 14.5 Å². The molecule has 0 amide bonds. The van der Waals surface area contributed by atoms with Crippen molar-refractivity contribution in [3.8, 4) is 0 Å². The van der Waals surface area contributed by atoms with E-state index in [4.69, 9.17) is 10.5 Å². The fourth-order valence-corrected chi connectivity index (χ4v) is 3.11. The molecule has 0 spiro atoms. The van der Waals surface area contributed by atoms with Crippen LogP contribution in [-0.2, 0) is 4.74 Å². The Balaban J connectivity index is 1.71. The van der Waals surface area contributed by atoms with Crippen LogP contribution in [0.1, 0.15) is 43.5 Å². The van der Waals surface area contributed by atoms with Gasteiger partial charge in [-0.2, -0.15) is 0 Å². The van der Waals surface area contributed by atoms with E-state index in [9.17, 15) is 0 Å². The number of rotatable bonds is 5. The van der Waals surface area contributed by atoms with Crippen LogP contribution in [-0.4, -0.2) is 47.3 Å². The zero-order valence-corrected chi connectivity index (χ0v) is 11.7. The molecule has 1 aliphatic heterocycles. The summed E-state index contributed by atoms with van der Waals surface area (Å²) in [6.07, 6.45) is 9.16. The van der Waals surface area contributed by atoms with Crippen LogP contribution < -0.4 is 5.73 Å². The van der Waals surface area contributed by atoms with Crippen molar-refractivity contribution < 1.29 is 4.74 Å². The second-order valence-electron chi connectivity index (χ2n) is 5.68. The number of ether oxygens (including phenoxy) is 1. The number of aromatic nitrogens is 2. The van der Waals surface area contributed by atoms with Gasteiger partial charge in [0.2, 0.25) is 0 Å². The average molecular weight is 264 g/mol. The van der Waals surface area contributed by atoms with Gasteiger partial charge in [-0.15, -0.1) is 0 Å². The fourth-order valence-electron chi connectivity index (χ4n) is 3.11. The van der Waals surface area contributed by atoms with E-state index in [1.54, 1.807) is 0 Å². The highest BCUT2D eigenvalue weighted by Gasteiger charge is 2.31. The zero-order chi connectivity index (χ0) is 13.2. The third-order valence-electron chi connectivity index (χ3n) is 4.45. The Kier molecular flexibility index (Phi) is 3.86. The molecule has 3 rings (SSSR count). The highest BCUT2D eigenvalue weighted by Crippen LogP contribution is 2.38. The molecule has 2 fully saturated rings. The molecular weight excluding hydrogens is 240 g/mol. The maximum atomic E-state index is 6.04. The molecular formula is C14H24N4O. The minimum Gasteiger partial charge on any atom is -0.381 e. The smallest absolute Gasteiger partial charge is 0.0951 e. The summed E-state index contributed by atoms with van der Waals surface area (Å²) >= 11 is 0. The van der Waals surface area contributed by atoms with Crippen LogP contribution in [0.4, 0.5) is 0 Å². The first-order valence-corrected chi connectivity index (χ1v) is 7.32. The number of piperidine rings is 1. The van der Waals surface area contributed by atoms with Gasteiger partial charge in [-0.3, -0.25) is 4.90 Å². The van der Waals surface area contributed by atoms with E-state index in [-0.39, 0.29) is 0 Å². The lowest BCUT2D eigenvalue weighted by Gasteiger charge is -2.36. The van der Waals surface area contributed by atoms with Gasteiger partial charge in [0.1, 0.15) is 0 Å². The van der Waals surface area contributed by atoms with Crippen molar-refractivity contribution in [2.75, 3.05) is 26.7 Å². The quantitative estimate of drug-likeness (QED) is 0.871. The van der Waals surface area contributed by atoms with E-state index in [1.165, 1.54) is 18.5 Å². The average Bonchev–Trinajstić information content (AvgIpc) is 3.20. The summed E-state index contributed by atoms with van der Waals surface area (Å²) in [7, 11) is 1.81. The van der Waals surface area contributed by atoms with E-state index in [1.807, 2.05) is 19.6 Å². The van der Waals surface area contributed by atoms with Gasteiger partial charge < -0.3 is 15.0 Å². The minimum atomic E-state index is 0.306. The lowest BCUT2D eigenvalue weighted by atomic mass is 10.0. The molecule has 1 aromatic heterocycles. The highest BCUT2D eigenvalue weighted by atomic mass is 16.5. The number of hydrogen-bond donors (Lipinski definition) is 1. The zero-order valence-electron chi connectivity index (χ0n) is 11.7. The molecule has 0 aromatic carbocycles. The van der Waals surface area contributed by atoms with Crippen molar-refractivity contribution in [3.63, 3.8) is 0 Å². The maximum Gasteiger partial charge on any atom is 0.0951 e. The summed E-state index contributed by atoms with van der Waals surface area (Å²) in [6, 6.07) is 0.976. The third-order valence-corrected chi connectivity index (χ3v) is 4.45. The van der Waals surface area contributed by atoms with Crippen LogP contribution in [0, 0.1) is 0 Å².